The summed E-state index contributed by atoms with van der Waals surface area (Å²) in [7, 11) is -2.87. The molecule has 0 aliphatic carbocycles. The molecule has 0 spiro atoms. The van der Waals surface area contributed by atoms with Gasteiger partial charge >= 0.3 is 6.09 Å². The fraction of sp³-hybridized carbons (Fsp3) is 0.216. The third-order valence-corrected chi connectivity index (χ3v) is 10.3. The second-order valence-electron chi connectivity index (χ2n) is 11.6. The molecule has 2 atom stereocenters. The van der Waals surface area contributed by atoms with E-state index in [9.17, 15) is 23.1 Å². The molecule has 12 nitrogen and oxygen atoms in total. The van der Waals surface area contributed by atoms with Crippen LogP contribution in [0.15, 0.2) is 131 Å². The highest BCUT2D eigenvalue weighted by Gasteiger charge is 2.34. The molecule has 1 heterocycles. The molecule has 50 heavy (non-hydrogen) atoms. The maximum absolute atomic E-state index is 14.2. The number of carbonyl (C=O) groups excluding carboxylic acids is 2. The quantitative estimate of drug-likeness (QED) is 0.110. The summed E-state index contributed by atoms with van der Waals surface area (Å²) < 4.78 is 38.9. The molecule has 2 amide bonds. The Morgan fingerprint density at radius 3 is 2.12 bits per heavy atom. The van der Waals surface area contributed by atoms with Gasteiger partial charge in [0.25, 0.3) is 0 Å². The fourth-order valence-electron chi connectivity index (χ4n) is 5.77. The minimum atomic E-state index is -4.10. The highest BCUT2D eigenvalue weighted by molar-refractivity contribution is 7.89. The molecule has 0 aliphatic heterocycles. The number of carbonyl (C=O) groups is 2. The monoisotopic (exact) mass is 697 g/mol. The number of benzene rings is 4. The summed E-state index contributed by atoms with van der Waals surface area (Å²) in [4.78, 5) is 26.8. The Morgan fingerprint density at radius 1 is 0.920 bits per heavy atom. The Morgan fingerprint density at radius 2 is 1.54 bits per heavy atom. The van der Waals surface area contributed by atoms with E-state index < -0.39 is 46.6 Å². The van der Waals surface area contributed by atoms with Gasteiger partial charge in [0.15, 0.2) is 0 Å². The number of hydrogen-bond acceptors (Lipinski definition) is 9. The normalized spacial score (nSPS) is 12.7. The number of aryl methyl sites for hydroxylation is 1. The predicted octanol–water partition coefficient (Wildman–Crippen LogP) is 4.94. The topological polar surface area (TPSA) is 177 Å². The van der Waals surface area contributed by atoms with Crippen LogP contribution < -0.4 is 16.4 Å². The SMILES string of the molecule is COC(=O)N[C@H](C(=O)Nc1ccccc1CC[C@@H](CO)N(Cc1cnoc1)S(=O)(=O)c1ccc(N)cc1)C(c1ccccc1)c1ccccc1. The van der Waals surface area contributed by atoms with Gasteiger partial charge in [-0.15, -0.1) is 0 Å². The van der Waals surface area contributed by atoms with Gasteiger partial charge in [0, 0.05) is 35.4 Å². The third kappa shape index (κ3) is 8.74. The Hall–Kier alpha value is -5.50. The van der Waals surface area contributed by atoms with E-state index in [-0.39, 0.29) is 24.3 Å². The zero-order chi connectivity index (χ0) is 35.5. The molecular formula is C37H39N5O7S. The molecule has 0 unspecified atom stereocenters. The smallest absolute Gasteiger partial charge is 0.407 e. The van der Waals surface area contributed by atoms with E-state index >= 15 is 0 Å². The molecule has 13 heteroatoms. The van der Waals surface area contributed by atoms with Gasteiger partial charge in [0.2, 0.25) is 15.9 Å². The van der Waals surface area contributed by atoms with Crippen molar-refractivity contribution in [1.29, 1.82) is 0 Å². The molecule has 0 aliphatic rings. The van der Waals surface area contributed by atoms with Crippen molar-refractivity contribution < 1.29 is 32.4 Å². The summed E-state index contributed by atoms with van der Waals surface area (Å²) in [5.41, 5.74) is 9.50. The summed E-state index contributed by atoms with van der Waals surface area (Å²) in [5.74, 6) is -1.05. The number of aliphatic hydroxyl groups excluding tert-OH is 1. The number of nitrogens with two attached hydrogens (primary N) is 1. The Labute approximate surface area is 290 Å². The summed E-state index contributed by atoms with van der Waals surface area (Å²) in [6, 6.07) is 29.8. The van der Waals surface area contributed by atoms with E-state index in [1.165, 1.54) is 48.1 Å². The number of nitrogens with zero attached hydrogens (tertiary/aromatic N) is 2. The number of para-hydroxylation sites is 1. The van der Waals surface area contributed by atoms with Crippen LogP contribution in [0.25, 0.3) is 0 Å². The van der Waals surface area contributed by atoms with Gasteiger partial charge in [-0.3, -0.25) is 4.79 Å². The van der Waals surface area contributed by atoms with Crippen LogP contribution in [-0.4, -0.2) is 60.8 Å². The molecule has 260 valence electrons. The number of ether oxygens (including phenoxy) is 1. The highest BCUT2D eigenvalue weighted by atomic mass is 32.2. The maximum Gasteiger partial charge on any atom is 0.407 e. The molecule has 1 aromatic heterocycles. The third-order valence-electron chi connectivity index (χ3n) is 8.34. The first kappa shape index (κ1) is 35.8. The Kier molecular flexibility index (Phi) is 12.0. The lowest BCUT2D eigenvalue weighted by atomic mass is 9.84. The number of sulfonamides is 1. The number of hydrogen-bond donors (Lipinski definition) is 4. The van der Waals surface area contributed by atoms with Crippen LogP contribution >= 0.6 is 0 Å². The average Bonchev–Trinajstić information content (AvgIpc) is 3.66. The minimum absolute atomic E-state index is 0.0183. The lowest BCUT2D eigenvalue weighted by Crippen LogP contribution is -2.48. The average molecular weight is 698 g/mol. The van der Waals surface area contributed by atoms with Crippen molar-refractivity contribution in [3.05, 3.63) is 144 Å². The molecule has 5 aromatic rings. The number of rotatable bonds is 15. The van der Waals surface area contributed by atoms with Crippen molar-refractivity contribution >= 4 is 33.4 Å². The maximum atomic E-state index is 14.2. The van der Waals surface area contributed by atoms with E-state index in [1.54, 1.807) is 18.2 Å². The van der Waals surface area contributed by atoms with Gasteiger partial charge in [-0.25, -0.2) is 13.2 Å². The second-order valence-corrected chi connectivity index (χ2v) is 13.5. The lowest BCUT2D eigenvalue weighted by molar-refractivity contribution is -0.118. The van der Waals surface area contributed by atoms with Crippen LogP contribution in [-0.2, 0) is 32.5 Å². The molecular weight excluding hydrogens is 659 g/mol. The number of nitrogens with one attached hydrogen (secondary N) is 2. The van der Waals surface area contributed by atoms with Crippen LogP contribution in [0.1, 0.15) is 34.6 Å². The molecule has 0 fully saturated rings. The Bertz CT molecular complexity index is 1900. The van der Waals surface area contributed by atoms with Gasteiger partial charge in [0.1, 0.15) is 12.3 Å². The lowest BCUT2D eigenvalue weighted by Gasteiger charge is -2.30. The van der Waals surface area contributed by atoms with Crippen molar-refractivity contribution in [3.8, 4) is 0 Å². The van der Waals surface area contributed by atoms with E-state index in [2.05, 4.69) is 15.8 Å². The first-order valence-corrected chi connectivity index (χ1v) is 17.3. The van der Waals surface area contributed by atoms with E-state index in [0.29, 0.717) is 22.5 Å². The number of aliphatic hydroxyl groups is 1. The highest BCUT2D eigenvalue weighted by Crippen LogP contribution is 2.30. The molecule has 0 saturated heterocycles. The predicted molar refractivity (Wildman–Crippen MR) is 188 cm³/mol. The summed E-state index contributed by atoms with van der Waals surface area (Å²) in [5, 5.41) is 20.0. The first-order valence-electron chi connectivity index (χ1n) is 15.9. The number of methoxy groups -OCH3 is 1. The van der Waals surface area contributed by atoms with Crippen molar-refractivity contribution in [3.63, 3.8) is 0 Å². The summed E-state index contributed by atoms with van der Waals surface area (Å²) in [6.45, 7) is -0.573. The molecule has 5 N–H and O–H groups in total. The van der Waals surface area contributed by atoms with Crippen molar-refractivity contribution in [2.75, 3.05) is 24.8 Å². The van der Waals surface area contributed by atoms with E-state index in [4.69, 9.17) is 15.0 Å². The van der Waals surface area contributed by atoms with Crippen LogP contribution in [0.3, 0.4) is 0 Å². The van der Waals surface area contributed by atoms with Crippen molar-refractivity contribution in [1.82, 2.24) is 14.8 Å². The number of aromatic nitrogens is 1. The fourth-order valence-corrected chi connectivity index (χ4v) is 7.41. The molecule has 4 aromatic carbocycles. The number of nitrogen functional groups attached to an aromatic ring is 1. The van der Waals surface area contributed by atoms with Crippen LogP contribution in [0, 0.1) is 0 Å². The second kappa shape index (κ2) is 16.7. The zero-order valence-electron chi connectivity index (χ0n) is 27.4. The standard InChI is InChI=1S/C37H39N5O7S/c1-48-37(45)41-35(34(28-11-4-2-5-12-28)29-13-6-3-7-14-29)36(44)40-33-15-9-8-10-27(33)16-19-31(24-43)42(23-26-22-39-49-25-26)50(46,47)32-20-17-30(38)18-21-32/h2-15,17-18,20-22,25,31,34-35,43H,16,19,23-24,38H2,1H3,(H,40,44)(H,41,45)/t31-,35-/m0/s1. The molecule has 0 saturated carbocycles. The van der Waals surface area contributed by atoms with Gasteiger partial charge < -0.3 is 30.7 Å². The summed E-state index contributed by atoms with van der Waals surface area (Å²) in [6.07, 6.45) is 2.48. The van der Waals surface area contributed by atoms with Crippen LogP contribution in [0.2, 0.25) is 0 Å². The van der Waals surface area contributed by atoms with Gasteiger partial charge in [0.05, 0.1) is 24.8 Å². The van der Waals surface area contributed by atoms with Gasteiger partial charge in [-0.1, -0.05) is 84.0 Å². The number of amides is 2. The largest absolute Gasteiger partial charge is 0.453 e. The van der Waals surface area contributed by atoms with Crippen molar-refractivity contribution in [2.45, 2.75) is 42.3 Å². The molecule has 0 bridgehead atoms. The van der Waals surface area contributed by atoms with Gasteiger partial charge in [-0.2, -0.15) is 4.31 Å². The van der Waals surface area contributed by atoms with Crippen LogP contribution in [0.5, 0.6) is 0 Å². The molecule has 0 radical (unpaired) electrons. The zero-order valence-corrected chi connectivity index (χ0v) is 28.2. The van der Waals surface area contributed by atoms with E-state index in [0.717, 1.165) is 11.1 Å². The minimum Gasteiger partial charge on any atom is -0.453 e. The van der Waals surface area contributed by atoms with E-state index in [1.807, 2.05) is 66.7 Å². The first-order chi connectivity index (χ1) is 24.2. The van der Waals surface area contributed by atoms with Gasteiger partial charge in [-0.05, 0) is 59.9 Å². The van der Waals surface area contributed by atoms with Crippen LogP contribution in [0.4, 0.5) is 16.2 Å². The number of anilines is 2. The molecule has 5 rings (SSSR count). The Balaban J connectivity index is 1.42. The summed E-state index contributed by atoms with van der Waals surface area (Å²) >= 11 is 0. The number of alkyl carbamates (subject to hydrolysis) is 1. The van der Waals surface area contributed by atoms with Crippen molar-refractivity contribution in [2.24, 2.45) is 0 Å².